The third-order valence-electron chi connectivity index (χ3n) is 9.24. The summed E-state index contributed by atoms with van der Waals surface area (Å²) in [5, 5.41) is 32.8. The second-order valence-corrected chi connectivity index (χ2v) is 15.1. The van der Waals surface area contributed by atoms with Crippen molar-refractivity contribution in [3.8, 4) is 34.9 Å². The van der Waals surface area contributed by atoms with Crippen molar-refractivity contribution >= 4 is 22.7 Å². The Kier molecular flexibility index (Phi) is 11.2. The smallest absolute Gasteiger partial charge is 0.244 e. The first-order valence-corrected chi connectivity index (χ1v) is 19.2. The first kappa shape index (κ1) is 35.3. The molecule has 6 aromatic rings. The molecule has 52 heavy (non-hydrogen) atoms. The third-order valence-corrected chi connectivity index (χ3v) is 10.9. The number of piperidine rings is 2. The van der Waals surface area contributed by atoms with Crippen molar-refractivity contribution in [2.45, 2.75) is 77.5 Å². The molecule has 0 amide bonds. The molecule has 2 saturated heterocycles. The van der Waals surface area contributed by atoms with E-state index < -0.39 is 0 Å². The van der Waals surface area contributed by atoms with Crippen molar-refractivity contribution in [2.75, 3.05) is 13.1 Å². The largest absolute Gasteiger partial charge is 0.337 e. The summed E-state index contributed by atoms with van der Waals surface area (Å²) < 4.78 is 11.2. The van der Waals surface area contributed by atoms with Crippen LogP contribution >= 0.6 is 22.7 Å². The maximum absolute atomic E-state index is 9.07. The SMILES string of the molecule is Cc1nc(CN2CCCCC2c2nc(-c3cccc(C#N)c3)no2)cs1.Cc1nc(CN2CCCCC2c2nc(-c3cccc(C#N)c3)no2)cs1. The molecular formula is C38H38N10O2S2. The second-order valence-electron chi connectivity index (χ2n) is 13.0. The molecule has 6 heterocycles. The van der Waals surface area contributed by atoms with Crippen LogP contribution in [0.25, 0.3) is 22.8 Å². The van der Waals surface area contributed by atoms with Gasteiger partial charge in [-0.2, -0.15) is 20.5 Å². The lowest BCUT2D eigenvalue weighted by atomic mass is 10.0. The van der Waals surface area contributed by atoms with Gasteiger partial charge in [0.2, 0.25) is 23.4 Å². The molecule has 12 nitrogen and oxygen atoms in total. The standard InChI is InChI=1S/2C19H19N5OS/c2*1-13-21-16(12-26-13)11-24-8-3-2-7-17(24)19-22-18(23-25-19)15-6-4-5-14(9-15)10-20/h2*4-6,9,12,17H,2-3,7-8,11H2,1H3. The van der Waals surface area contributed by atoms with Crippen molar-refractivity contribution in [3.63, 3.8) is 0 Å². The van der Waals surface area contributed by atoms with Crippen LogP contribution in [0.5, 0.6) is 0 Å². The number of nitriles is 2. The average Bonchev–Trinajstić information content (AvgIpc) is 4.02. The molecule has 4 aromatic heterocycles. The fourth-order valence-corrected chi connectivity index (χ4v) is 7.94. The summed E-state index contributed by atoms with van der Waals surface area (Å²) in [5.41, 5.74) is 4.98. The first-order chi connectivity index (χ1) is 25.4. The van der Waals surface area contributed by atoms with Crippen LogP contribution in [-0.4, -0.2) is 53.1 Å². The third kappa shape index (κ3) is 8.49. The highest BCUT2D eigenvalue weighted by atomic mass is 32.1. The van der Waals surface area contributed by atoms with E-state index in [1.807, 2.05) is 38.1 Å². The van der Waals surface area contributed by atoms with Crippen LogP contribution in [-0.2, 0) is 13.1 Å². The number of likely N-dealkylation sites (tertiary alicyclic amines) is 2. The van der Waals surface area contributed by atoms with Crippen LogP contribution in [0.3, 0.4) is 0 Å². The maximum atomic E-state index is 9.07. The summed E-state index contributed by atoms with van der Waals surface area (Å²) in [4.78, 5) is 23.2. The number of thiazole rings is 2. The Bertz CT molecular complexity index is 2040. The molecule has 2 aromatic carbocycles. The van der Waals surface area contributed by atoms with E-state index in [4.69, 9.17) is 19.6 Å². The molecular weight excluding hydrogens is 693 g/mol. The quantitative estimate of drug-likeness (QED) is 0.148. The van der Waals surface area contributed by atoms with Crippen molar-refractivity contribution in [1.82, 2.24) is 40.0 Å². The Hall–Kier alpha value is -5.12. The molecule has 2 unspecified atom stereocenters. The van der Waals surface area contributed by atoms with Gasteiger partial charge >= 0.3 is 0 Å². The lowest BCUT2D eigenvalue weighted by Gasteiger charge is -2.32. The molecule has 0 radical (unpaired) electrons. The van der Waals surface area contributed by atoms with Crippen molar-refractivity contribution in [1.29, 1.82) is 10.5 Å². The van der Waals surface area contributed by atoms with E-state index in [9.17, 15) is 0 Å². The summed E-state index contributed by atoms with van der Waals surface area (Å²) in [7, 11) is 0. The van der Waals surface area contributed by atoms with E-state index in [2.05, 4.69) is 62.9 Å². The number of rotatable bonds is 8. The van der Waals surface area contributed by atoms with Crippen molar-refractivity contribution in [2.24, 2.45) is 0 Å². The van der Waals surface area contributed by atoms with Gasteiger partial charge in [0.1, 0.15) is 0 Å². The van der Waals surface area contributed by atoms with Gasteiger partial charge in [0.15, 0.2) is 0 Å². The van der Waals surface area contributed by atoms with Crippen LogP contribution < -0.4 is 0 Å². The Balaban J connectivity index is 0.000000162. The molecule has 0 saturated carbocycles. The van der Waals surface area contributed by atoms with Crippen LogP contribution in [0.4, 0.5) is 0 Å². The van der Waals surface area contributed by atoms with E-state index in [1.165, 1.54) is 12.8 Å². The predicted molar refractivity (Wildman–Crippen MR) is 197 cm³/mol. The highest BCUT2D eigenvalue weighted by Gasteiger charge is 2.31. The zero-order valence-corrected chi connectivity index (χ0v) is 30.7. The summed E-state index contributed by atoms with van der Waals surface area (Å²) in [6.45, 7) is 7.67. The number of nitrogens with zero attached hydrogens (tertiary/aromatic N) is 10. The number of benzene rings is 2. The van der Waals surface area contributed by atoms with Crippen LogP contribution in [0.2, 0.25) is 0 Å². The summed E-state index contributed by atoms with van der Waals surface area (Å²) in [5.74, 6) is 2.36. The number of aryl methyl sites for hydroxylation is 2. The lowest BCUT2D eigenvalue weighted by Crippen LogP contribution is -2.33. The van der Waals surface area contributed by atoms with E-state index >= 15 is 0 Å². The Morgan fingerprint density at radius 2 is 1.13 bits per heavy atom. The molecule has 0 spiro atoms. The fraction of sp³-hybridized carbons (Fsp3) is 0.368. The van der Waals surface area contributed by atoms with E-state index in [0.717, 1.165) is 84.4 Å². The molecule has 2 fully saturated rings. The van der Waals surface area contributed by atoms with Crippen LogP contribution in [0.15, 0.2) is 68.3 Å². The Morgan fingerprint density at radius 3 is 1.54 bits per heavy atom. The Morgan fingerprint density at radius 1 is 0.673 bits per heavy atom. The first-order valence-electron chi connectivity index (χ1n) is 17.4. The number of hydrogen-bond acceptors (Lipinski definition) is 14. The fourth-order valence-electron chi connectivity index (χ4n) is 6.73. The maximum Gasteiger partial charge on any atom is 0.244 e. The number of aromatic nitrogens is 6. The van der Waals surface area contributed by atoms with Crippen LogP contribution in [0.1, 0.15) is 94.9 Å². The van der Waals surface area contributed by atoms with Gasteiger partial charge in [-0.15, -0.1) is 22.7 Å². The highest BCUT2D eigenvalue weighted by molar-refractivity contribution is 7.09. The van der Waals surface area contributed by atoms with Crippen molar-refractivity contribution in [3.05, 3.63) is 104 Å². The van der Waals surface area contributed by atoms with Gasteiger partial charge in [0.25, 0.3) is 0 Å². The molecule has 0 N–H and O–H groups in total. The Labute approximate surface area is 310 Å². The summed E-state index contributed by atoms with van der Waals surface area (Å²) >= 11 is 3.36. The molecule has 8 rings (SSSR count). The van der Waals surface area contributed by atoms with E-state index in [1.54, 1.807) is 46.9 Å². The second kappa shape index (κ2) is 16.5. The zero-order valence-electron chi connectivity index (χ0n) is 29.1. The van der Waals surface area contributed by atoms with Gasteiger partial charge < -0.3 is 9.05 Å². The molecule has 0 bridgehead atoms. The van der Waals surface area contributed by atoms with Gasteiger partial charge in [-0.3, -0.25) is 9.80 Å². The molecule has 264 valence electrons. The summed E-state index contributed by atoms with van der Waals surface area (Å²) in [6.07, 6.45) is 6.65. The van der Waals surface area contributed by atoms with Gasteiger partial charge in [-0.1, -0.05) is 47.4 Å². The molecule has 2 aliphatic rings. The minimum Gasteiger partial charge on any atom is -0.337 e. The summed E-state index contributed by atoms with van der Waals surface area (Å²) in [6, 6.07) is 19.1. The number of hydrogen-bond donors (Lipinski definition) is 0. The van der Waals surface area contributed by atoms with Crippen LogP contribution in [0, 0.1) is 36.5 Å². The monoisotopic (exact) mass is 730 g/mol. The minimum atomic E-state index is 0.117. The predicted octanol–water partition coefficient (Wildman–Crippen LogP) is 8.20. The highest BCUT2D eigenvalue weighted by Crippen LogP contribution is 2.34. The minimum absolute atomic E-state index is 0.117. The molecule has 2 aliphatic heterocycles. The molecule has 0 aliphatic carbocycles. The average molecular weight is 731 g/mol. The lowest BCUT2D eigenvalue weighted by molar-refractivity contribution is 0.110. The molecule has 2 atom stereocenters. The van der Waals surface area contributed by atoms with Crippen molar-refractivity contribution < 1.29 is 9.05 Å². The van der Waals surface area contributed by atoms with Gasteiger partial charge in [0, 0.05) is 35.0 Å². The van der Waals surface area contributed by atoms with E-state index in [0.29, 0.717) is 34.6 Å². The van der Waals surface area contributed by atoms with Gasteiger partial charge in [-0.05, 0) is 76.9 Å². The zero-order chi connectivity index (χ0) is 35.9. The normalized spacial score (nSPS) is 17.9. The topological polar surface area (TPSA) is 158 Å². The van der Waals surface area contributed by atoms with Gasteiger partial charge in [0.05, 0.1) is 56.8 Å². The van der Waals surface area contributed by atoms with Gasteiger partial charge in [-0.25, -0.2) is 9.97 Å². The van der Waals surface area contributed by atoms with E-state index in [-0.39, 0.29) is 12.1 Å². The molecule has 14 heteroatoms.